The monoisotopic (exact) mass is 563 g/mol. The van der Waals surface area contributed by atoms with Crippen molar-refractivity contribution in [2.45, 2.75) is 108 Å². The maximum Gasteiger partial charge on any atom is 0.303 e. The molecule has 2 aromatic rings. The number of primary amides is 1. The normalized spacial score (nSPS) is 30.2. The minimum absolute atomic E-state index is 0.0102. The summed E-state index contributed by atoms with van der Waals surface area (Å²) in [5.41, 5.74) is 6.51. The highest BCUT2D eigenvalue weighted by Gasteiger charge is 2.45. The van der Waals surface area contributed by atoms with E-state index in [1.807, 2.05) is 28.8 Å². The van der Waals surface area contributed by atoms with Crippen LogP contribution in [-0.2, 0) is 14.4 Å². The second kappa shape index (κ2) is 11.9. The summed E-state index contributed by atoms with van der Waals surface area (Å²) in [7, 11) is 0. The molecule has 3 unspecified atom stereocenters. The van der Waals surface area contributed by atoms with Gasteiger partial charge < -0.3 is 20.2 Å². The Labute approximate surface area is 239 Å². The molecule has 1 aromatic carbocycles. The molecule has 10 nitrogen and oxygen atoms in total. The Morgan fingerprint density at radius 2 is 1.61 bits per heavy atom. The fourth-order valence-corrected chi connectivity index (χ4v) is 8.45. The highest BCUT2D eigenvalue weighted by atomic mass is 16.6. The van der Waals surface area contributed by atoms with Gasteiger partial charge in [0.15, 0.2) is 12.3 Å². The van der Waals surface area contributed by atoms with Crippen LogP contribution in [0.2, 0.25) is 0 Å². The number of hydrogen-bond donors (Lipinski definition) is 2. The number of hydrogen-bond acceptors (Lipinski definition) is 7. The van der Waals surface area contributed by atoms with E-state index in [1.165, 1.54) is 44.9 Å². The van der Waals surface area contributed by atoms with Crippen LogP contribution in [0.1, 0.15) is 95.2 Å². The number of carboxylic acid groups (broad SMARTS) is 1. The molecule has 2 saturated carbocycles. The molecule has 5 atom stereocenters. The second-order valence-corrected chi connectivity index (χ2v) is 12.6. The van der Waals surface area contributed by atoms with Crippen molar-refractivity contribution in [3.05, 3.63) is 40.3 Å². The van der Waals surface area contributed by atoms with Crippen LogP contribution in [0.25, 0.3) is 11.0 Å². The third-order valence-corrected chi connectivity index (χ3v) is 9.92. The van der Waals surface area contributed by atoms with Crippen LogP contribution >= 0.6 is 0 Å². The molecule has 0 spiro atoms. The van der Waals surface area contributed by atoms with Crippen LogP contribution in [-0.4, -0.2) is 61.9 Å². The number of fused-ring (bicyclic) bond motifs is 5. The van der Waals surface area contributed by atoms with Gasteiger partial charge in [0, 0.05) is 30.6 Å². The third kappa shape index (κ3) is 5.89. The third-order valence-electron chi connectivity index (χ3n) is 9.92. The van der Waals surface area contributed by atoms with Gasteiger partial charge in [0.2, 0.25) is 0 Å². The zero-order chi connectivity index (χ0) is 28.5. The van der Waals surface area contributed by atoms with E-state index in [0.717, 1.165) is 43.0 Å². The maximum absolute atomic E-state index is 14.2. The predicted molar refractivity (Wildman–Crippen MR) is 155 cm³/mol. The lowest BCUT2D eigenvalue weighted by Crippen LogP contribution is -2.58. The first-order valence-corrected chi connectivity index (χ1v) is 15.4. The molecule has 4 bridgehead atoms. The van der Waals surface area contributed by atoms with E-state index in [2.05, 4.69) is 15.0 Å². The average molecular weight is 564 g/mol. The molecule has 10 heteroatoms. The Balaban J connectivity index is 1.34. The lowest BCUT2D eigenvalue weighted by molar-refractivity contribution is -0.136. The van der Waals surface area contributed by atoms with Crippen molar-refractivity contribution in [1.29, 1.82) is 0 Å². The number of amides is 1. The number of aromatic nitrogens is 2. The van der Waals surface area contributed by atoms with Crippen LogP contribution in [0, 0.1) is 11.8 Å². The lowest BCUT2D eigenvalue weighted by Gasteiger charge is -2.55. The SMILES string of the molecule is NC(=O)CO/N=C(\CCC(=O)O)c1nc2ccccc2n(C2C[C@H]3CCC[C@@H](C2)N3C2CC3CCCC(C3)C2)c1=O. The van der Waals surface area contributed by atoms with Crippen LogP contribution in [0.5, 0.6) is 0 Å². The molecule has 2 aliphatic carbocycles. The molecule has 4 fully saturated rings. The van der Waals surface area contributed by atoms with Gasteiger partial charge in [-0.1, -0.05) is 43.0 Å². The van der Waals surface area contributed by atoms with Gasteiger partial charge in [0.05, 0.1) is 17.5 Å². The second-order valence-electron chi connectivity index (χ2n) is 12.6. The van der Waals surface area contributed by atoms with Crippen molar-refractivity contribution in [2.75, 3.05) is 6.61 Å². The number of carbonyl (C=O) groups excluding carboxylic acids is 1. The number of benzene rings is 1. The van der Waals surface area contributed by atoms with Crippen molar-refractivity contribution in [3.63, 3.8) is 0 Å². The van der Waals surface area contributed by atoms with E-state index in [-0.39, 0.29) is 35.8 Å². The van der Waals surface area contributed by atoms with Crippen LogP contribution in [0.4, 0.5) is 0 Å². The Hall–Kier alpha value is -3.27. The molecule has 3 heterocycles. The summed E-state index contributed by atoms with van der Waals surface area (Å²) in [4.78, 5) is 49.4. The Morgan fingerprint density at radius 3 is 2.29 bits per heavy atom. The number of nitrogens with two attached hydrogens (primary N) is 1. The van der Waals surface area contributed by atoms with Crippen LogP contribution in [0.3, 0.4) is 0 Å². The molecular weight excluding hydrogens is 522 g/mol. The van der Waals surface area contributed by atoms with Gasteiger partial charge in [0.25, 0.3) is 11.5 Å². The fourth-order valence-electron chi connectivity index (χ4n) is 8.45. The number of nitrogens with zero attached hydrogens (tertiary/aromatic N) is 4. The first kappa shape index (κ1) is 27.9. The first-order valence-electron chi connectivity index (χ1n) is 15.4. The molecule has 41 heavy (non-hydrogen) atoms. The smallest absolute Gasteiger partial charge is 0.303 e. The van der Waals surface area contributed by atoms with Gasteiger partial charge in [-0.2, -0.15) is 0 Å². The Morgan fingerprint density at radius 1 is 0.927 bits per heavy atom. The molecule has 220 valence electrons. The van der Waals surface area contributed by atoms with Gasteiger partial charge in [-0.05, 0) is 68.9 Å². The van der Waals surface area contributed by atoms with E-state index in [1.54, 1.807) is 0 Å². The van der Waals surface area contributed by atoms with Crippen molar-refractivity contribution >= 4 is 28.6 Å². The standard InChI is InChI=1S/C31H41N5O5/c32-28(37)18-41-34-26(11-12-29(38)39)30-31(40)36(27-10-2-1-9-25(27)33-30)24-16-21-7-4-8-22(17-24)35(21)23-14-19-5-3-6-20(13-19)15-23/h1-2,9-10,19-24H,3-8,11-18H2,(H2,32,37)(H,38,39)/b34-26+/t19?,20?,21-,22+,23?,24?. The molecule has 1 amide bonds. The van der Waals surface area contributed by atoms with E-state index >= 15 is 0 Å². The zero-order valence-electron chi connectivity index (χ0n) is 23.6. The number of carboxylic acids is 1. The number of oxime groups is 1. The topological polar surface area (TPSA) is 140 Å². The van der Waals surface area contributed by atoms with Gasteiger partial charge >= 0.3 is 5.97 Å². The van der Waals surface area contributed by atoms with Crippen LogP contribution < -0.4 is 11.3 Å². The summed E-state index contributed by atoms with van der Waals surface area (Å²) in [6.45, 7) is -0.469. The molecule has 1 aromatic heterocycles. The maximum atomic E-state index is 14.2. The summed E-state index contributed by atoms with van der Waals surface area (Å²) in [5.74, 6) is 0.0111. The summed E-state index contributed by atoms with van der Waals surface area (Å²) in [6, 6.07) is 9.19. The average Bonchev–Trinajstić information content (AvgIpc) is 2.93. The largest absolute Gasteiger partial charge is 0.481 e. The molecule has 2 aliphatic heterocycles. The summed E-state index contributed by atoms with van der Waals surface area (Å²) >= 11 is 0. The Bertz CT molecular complexity index is 1360. The van der Waals surface area contributed by atoms with Gasteiger partial charge in [-0.3, -0.25) is 19.3 Å². The highest BCUT2D eigenvalue weighted by Crippen LogP contribution is 2.47. The number of piperidine rings is 2. The summed E-state index contributed by atoms with van der Waals surface area (Å²) in [6.07, 6.45) is 13.3. The lowest BCUT2D eigenvalue weighted by atomic mass is 9.68. The predicted octanol–water partition coefficient (Wildman–Crippen LogP) is 3.99. The van der Waals surface area contributed by atoms with E-state index in [4.69, 9.17) is 10.6 Å². The van der Waals surface area contributed by atoms with Crippen molar-refractivity contribution < 1.29 is 19.5 Å². The number of carbonyl (C=O) groups is 2. The Kier molecular flexibility index (Phi) is 8.10. The van der Waals surface area contributed by atoms with Crippen molar-refractivity contribution in [1.82, 2.24) is 14.5 Å². The summed E-state index contributed by atoms with van der Waals surface area (Å²) < 4.78 is 1.89. The number of para-hydroxylation sites is 2. The number of aliphatic carboxylic acids is 1. The van der Waals surface area contributed by atoms with Gasteiger partial charge in [-0.15, -0.1) is 0 Å². The zero-order valence-corrected chi connectivity index (χ0v) is 23.6. The van der Waals surface area contributed by atoms with E-state index < -0.39 is 18.5 Å². The fraction of sp³-hybridized carbons (Fsp3) is 0.645. The molecule has 2 saturated heterocycles. The summed E-state index contributed by atoms with van der Waals surface area (Å²) in [5, 5.41) is 13.3. The number of rotatable bonds is 9. The highest BCUT2D eigenvalue weighted by molar-refractivity contribution is 6.00. The van der Waals surface area contributed by atoms with E-state index in [9.17, 15) is 19.5 Å². The van der Waals surface area contributed by atoms with E-state index in [0.29, 0.717) is 23.6 Å². The minimum atomic E-state index is -1.03. The molecule has 4 aliphatic rings. The molecule has 0 radical (unpaired) electrons. The molecule has 6 rings (SSSR count). The minimum Gasteiger partial charge on any atom is -0.481 e. The van der Waals surface area contributed by atoms with Crippen molar-refractivity contribution in [3.8, 4) is 0 Å². The molecule has 3 N–H and O–H groups in total. The van der Waals surface area contributed by atoms with Gasteiger partial charge in [0.1, 0.15) is 5.71 Å². The van der Waals surface area contributed by atoms with Crippen LogP contribution in [0.15, 0.2) is 34.2 Å². The van der Waals surface area contributed by atoms with Crippen molar-refractivity contribution in [2.24, 2.45) is 22.7 Å². The van der Waals surface area contributed by atoms with Gasteiger partial charge in [-0.25, -0.2) is 4.98 Å². The quantitative estimate of drug-likeness (QED) is 0.347. The molecular formula is C31H41N5O5. The first-order chi connectivity index (χ1) is 19.9.